The van der Waals surface area contributed by atoms with Gasteiger partial charge in [0.05, 0.1) is 0 Å². The molecule has 0 fully saturated rings. The van der Waals surface area contributed by atoms with Gasteiger partial charge in [-0.3, -0.25) is 4.79 Å². The topological polar surface area (TPSA) is 46.9 Å². The van der Waals surface area contributed by atoms with E-state index in [1.54, 1.807) is 6.20 Å². The second-order valence-corrected chi connectivity index (χ2v) is 6.65. The van der Waals surface area contributed by atoms with Gasteiger partial charge in [0.15, 0.2) is 0 Å². The number of aryl methyl sites for hydroxylation is 2. The molecule has 3 aromatic rings. The Hall–Kier alpha value is -2.59. The number of halogens is 1. The van der Waals surface area contributed by atoms with Crippen LogP contribution in [0.4, 0.5) is 0 Å². The SMILES string of the molecule is Cc1nccn1Cc1ccccc1CNC(=O)CCc1ccccc1Cl. The molecule has 0 aliphatic carbocycles. The fraction of sp³-hybridized carbons (Fsp3) is 0.238. The summed E-state index contributed by atoms with van der Waals surface area (Å²) in [7, 11) is 0. The van der Waals surface area contributed by atoms with Crippen LogP contribution in [0.3, 0.4) is 0 Å². The van der Waals surface area contributed by atoms with Crippen LogP contribution in [-0.4, -0.2) is 15.5 Å². The molecule has 1 N–H and O–H groups in total. The lowest BCUT2D eigenvalue weighted by molar-refractivity contribution is -0.121. The molecule has 0 saturated carbocycles. The molecule has 1 heterocycles. The van der Waals surface area contributed by atoms with Gasteiger partial charge in [-0.1, -0.05) is 54.1 Å². The standard InChI is InChI=1S/C21H22ClN3O/c1-16-23-12-13-25(16)15-19-8-3-2-7-18(19)14-24-21(26)11-10-17-6-4-5-9-20(17)22/h2-9,12-13H,10-11,14-15H2,1H3,(H,24,26). The van der Waals surface area contributed by atoms with E-state index in [0.717, 1.165) is 23.5 Å². The average Bonchev–Trinajstić information content (AvgIpc) is 3.05. The van der Waals surface area contributed by atoms with Gasteiger partial charge in [0.1, 0.15) is 5.82 Å². The number of rotatable bonds is 7. The third-order valence-electron chi connectivity index (χ3n) is 4.44. The number of carbonyl (C=O) groups excluding carboxylic acids is 1. The van der Waals surface area contributed by atoms with Crippen LogP contribution < -0.4 is 5.32 Å². The fourth-order valence-electron chi connectivity index (χ4n) is 2.87. The van der Waals surface area contributed by atoms with Crippen LogP contribution in [0.2, 0.25) is 5.02 Å². The molecular weight excluding hydrogens is 346 g/mol. The molecule has 2 aromatic carbocycles. The Morgan fingerprint density at radius 3 is 2.46 bits per heavy atom. The van der Waals surface area contributed by atoms with Crippen molar-refractivity contribution in [3.05, 3.63) is 88.5 Å². The maximum atomic E-state index is 12.2. The van der Waals surface area contributed by atoms with Gasteiger partial charge in [0.2, 0.25) is 5.91 Å². The van der Waals surface area contributed by atoms with Crippen molar-refractivity contribution in [1.82, 2.24) is 14.9 Å². The van der Waals surface area contributed by atoms with Crippen LogP contribution in [0, 0.1) is 6.92 Å². The van der Waals surface area contributed by atoms with Gasteiger partial charge in [0.25, 0.3) is 0 Å². The summed E-state index contributed by atoms with van der Waals surface area (Å²) in [6, 6.07) is 15.8. The van der Waals surface area contributed by atoms with Crippen LogP contribution in [-0.2, 0) is 24.3 Å². The molecule has 3 rings (SSSR count). The van der Waals surface area contributed by atoms with E-state index in [9.17, 15) is 4.79 Å². The first-order valence-corrected chi connectivity index (χ1v) is 9.06. The number of nitrogens with zero attached hydrogens (tertiary/aromatic N) is 2. The molecule has 0 radical (unpaired) electrons. The summed E-state index contributed by atoms with van der Waals surface area (Å²) in [5.74, 6) is 1.00. The molecule has 1 amide bonds. The van der Waals surface area contributed by atoms with E-state index in [0.29, 0.717) is 24.4 Å². The second-order valence-electron chi connectivity index (χ2n) is 6.24. The zero-order valence-corrected chi connectivity index (χ0v) is 15.5. The molecule has 0 atom stereocenters. The predicted molar refractivity (Wildman–Crippen MR) is 104 cm³/mol. The monoisotopic (exact) mass is 367 g/mol. The van der Waals surface area contributed by atoms with Gasteiger partial charge >= 0.3 is 0 Å². The second kappa shape index (κ2) is 8.68. The third-order valence-corrected chi connectivity index (χ3v) is 4.81. The van der Waals surface area contributed by atoms with Crippen molar-refractivity contribution in [2.24, 2.45) is 0 Å². The van der Waals surface area contributed by atoms with E-state index in [2.05, 4.69) is 27.0 Å². The maximum absolute atomic E-state index is 12.2. The van der Waals surface area contributed by atoms with Gasteiger partial charge in [-0.15, -0.1) is 0 Å². The van der Waals surface area contributed by atoms with Crippen LogP contribution >= 0.6 is 11.6 Å². The van der Waals surface area contributed by atoms with Gasteiger partial charge in [0, 0.05) is 36.9 Å². The summed E-state index contributed by atoms with van der Waals surface area (Å²) in [5, 5.41) is 3.73. The van der Waals surface area contributed by atoms with Crippen molar-refractivity contribution < 1.29 is 4.79 Å². The lowest BCUT2D eigenvalue weighted by atomic mass is 10.1. The lowest BCUT2D eigenvalue weighted by Crippen LogP contribution is -2.24. The molecule has 0 unspecified atom stereocenters. The van der Waals surface area contributed by atoms with Gasteiger partial charge < -0.3 is 9.88 Å². The molecule has 134 valence electrons. The zero-order valence-electron chi connectivity index (χ0n) is 14.8. The van der Waals surface area contributed by atoms with Gasteiger partial charge in [-0.05, 0) is 36.1 Å². The van der Waals surface area contributed by atoms with Crippen LogP contribution in [0.5, 0.6) is 0 Å². The van der Waals surface area contributed by atoms with E-state index in [-0.39, 0.29) is 5.91 Å². The van der Waals surface area contributed by atoms with E-state index >= 15 is 0 Å². The Morgan fingerprint density at radius 2 is 1.77 bits per heavy atom. The van der Waals surface area contributed by atoms with E-state index in [4.69, 9.17) is 11.6 Å². The van der Waals surface area contributed by atoms with Gasteiger partial charge in [-0.2, -0.15) is 0 Å². The maximum Gasteiger partial charge on any atom is 0.220 e. The smallest absolute Gasteiger partial charge is 0.220 e. The van der Waals surface area contributed by atoms with Crippen molar-refractivity contribution >= 4 is 17.5 Å². The van der Waals surface area contributed by atoms with Crippen molar-refractivity contribution in [2.45, 2.75) is 32.9 Å². The summed E-state index contributed by atoms with van der Waals surface area (Å²) in [6.07, 6.45) is 4.83. The number of hydrogen-bond donors (Lipinski definition) is 1. The van der Waals surface area contributed by atoms with Gasteiger partial charge in [-0.25, -0.2) is 4.98 Å². The zero-order chi connectivity index (χ0) is 18.4. The Bertz CT molecular complexity index is 888. The summed E-state index contributed by atoms with van der Waals surface area (Å²) >= 11 is 6.14. The molecule has 0 saturated heterocycles. The first kappa shape index (κ1) is 18.2. The summed E-state index contributed by atoms with van der Waals surface area (Å²) in [6.45, 7) is 3.25. The minimum absolute atomic E-state index is 0.0264. The van der Waals surface area contributed by atoms with E-state index in [1.165, 1.54) is 5.56 Å². The van der Waals surface area contributed by atoms with E-state index in [1.807, 2.05) is 49.5 Å². The molecule has 5 heteroatoms. The first-order chi connectivity index (χ1) is 12.6. The fourth-order valence-corrected chi connectivity index (χ4v) is 3.10. The van der Waals surface area contributed by atoms with Crippen molar-refractivity contribution in [3.8, 4) is 0 Å². The number of hydrogen-bond acceptors (Lipinski definition) is 2. The lowest BCUT2D eigenvalue weighted by Gasteiger charge is -2.12. The minimum Gasteiger partial charge on any atom is -0.352 e. The van der Waals surface area contributed by atoms with Crippen LogP contribution in [0.25, 0.3) is 0 Å². The molecule has 0 aliphatic heterocycles. The van der Waals surface area contributed by atoms with Crippen LogP contribution in [0.15, 0.2) is 60.9 Å². The number of nitrogens with one attached hydrogen (secondary N) is 1. The van der Waals surface area contributed by atoms with E-state index < -0.39 is 0 Å². The van der Waals surface area contributed by atoms with Crippen molar-refractivity contribution in [1.29, 1.82) is 0 Å². The summed E-state index contributed by atoms with van der Waals surface area (Å²) in [5.41, 5.74) is 3.30. The number of benzene rings is 2. The number of amides is 1. The third kappa shape index (κ3) is 4.73. The Morgan fingerprint density at radius 1 is 1.08 bits per heavy atom. The highest BCUT2D eigenvalue weighted by Gasteiger charge is 2.08. The minimum atomic E-state index is 0.0264. The highest BCUT2D eigenvalue weighted by Crippen LogP contribution is 2.16. The molecular formula is C21H22ClN3O. The largest absolute Gasteiger partial charge is 0.352 e. The Kier molecular flexibility index (Phi) is 6.08. The normalized spacial score (nSPS) is 10.7. The molecule has 0 aliphatic rings. The Balaban J connectivity index is 1.57. The highest BCUT2D eigenvalue weighted by atomic mass is 35.5. The highest BCUT2D eigenvalue weighted by molar-refractivity contribution is 6.31. The number of imidazole rings is 1. The number of aromatic nitrogens is 2. The molecule has 26 heavy (non-hydrogen) atoms. The Labute approximate surface area is 158 Å². The summed E-state index contributed by atoms with van der Waals surface area (Å²) in [4.78, 5) is 16.5. The molecule has 0 bridgehead atoms. The van der Waals surface area contributed by atoms with Crippen molar-refractivity contribution in [3.63, 3.8) is 0 Å². The molecule has 4 nitrogen and oxygen atoms in total. The summed E-state index contributed by atoms with van der Waals surface area (Å²) < 4.78 is 2.10. The quantitative estimate of drug-likeness (QED) is 0.682. The molecule has 1 aromatic heterocycles. The average molecular weight is 368 g/mol. The predicted octanol–water partition coefficient (Wildman–Crippen LogP) is 4.14. The number of carbonyl (C=O) groups is 1. The van der Waals surface area contributed by atoms with Crippen LogP contribution in [0.1, 0.15) is 28.9 Å². The van der Waals surface area contributed by atoms with Crippen molar-refractivity contribution in [2.75, 3.05) is 0 Å². The first-order valence-electron chi connectivity index (χ1n) is 8.68. The molecule has 0 spiro atoms.